The first-order valence-electron chi connectivity index (χ1n) is 5.80. The van der Waals surface area contributed by atoms with Crippen LogP contribution in [0.15, 0.2) is 24.3 Å². The van der Waals surface area contributed by atoms with Crippen molar-refractivity contribution < 1.29 is 9.84 Å². The van der Waals surface area contributed by atoms with Gasteiger partial charge in [0.15, 0.2) is 0 Å². The summed E-state index contributed by atoms with van der Waals surface area (Å²) in [5.74, 6) is 1.16. The number of benzene rings is 1. The summed E-state index contributed by atoms with van der Waals surface area (Å²) < 4.78 is 5.15. The second kappa shape index (κ2) is 6.24. The molecule has 0 amide bonds. The molecule has 0 spiro atoms. The number of ether oxygens (including phenoxy) is 1. The Balaban J connectivity index is 0.00000144. The molecule has 1 fully saturated rings. The Hall–Kier alpha value is -0.770. The molecule has 1 aromatic rings. The average Bonchev–Trinajstić information content (AvgIpc) is 2.25. The normalized spacial score (nSPS) is 18.8. The first-order chi connectivity index (χ1) is 7.72. The van der Waals surface area contributed by atoms with Gasteiger partial charge in [0.05, 0.1) is 19.3 Å². The van der Waals surface area contributed by atoms with E-state index in [2.05, 4.69) is 0 Å². The van der Waals surface area contributed by atoms with Crippen LogP contribution in [0.5, 0.6) is 5.75 Å². The SMILES string of the molecule is COc1cccc([C@H](N)[C@H](O)C2CCC2)c1.Cl. The zero-order chi connectivity index (χ0) is 11.5. The molecule has 0 saturated heterocycles. The maximum absolute atomic E-state index is 10.1. The minimum atomic E-state index is -0.430. The first kappa shape index (κ1) is 14.3. The van der Waals surface area contributed by atoms with Crippen LogP contribution in [0.3, 0.4) is 0 Å². The van der Waals surface area contributed by atoms with Gasteiger partial charge in [-0.15, -0.1) is 12.4 Å². The third kappa shape index (κ3) is 3.12. The minimum Gasteiger partial charge on any atom is -0.497 e. The van der Waals surface area contributed by atoms with Gasteiger partial charge >= 0.3 is 0 Å². The average molecular weight is 258 g/mol. The molecule has 4 heteroatoms. The van der Waals surface area contributed by atoms with Crippen LogP contribution in [0.1, 0.15) is 30.9 Å². The molecule has 2 atom stereocenters. The van der Waals surface area contributed by atoms with Crippen LogP contribution in [-0.4, -0.2) is 18.3 Å². The van der Waals surface area contributed by atoms with Gasteiger partial charge < -0.3 is 15.6 Å². The Kier molecular flexibility index (Phi) is 5.25. The van der Waals surface area contributed by atoms with Crippen molar-refractivity contribution in [3.05, 3.63) is 29.8 Å². The van der Waals surface area contributed by atoms with E-state index in [0.29, 0.717) is 5.92 Å². The molecule has 1 aromatic carbocycles. The molecule has 0 heterocycles. The largest absolute Gasteiger partial charge is 0.497 e. The van der Waals surface area contributed by atoms with Gasteiger partial charge in [0.2, 0.25) is 0 Å². The van der Waals surface area contributed by atoms with E-state index in [4.69, 9.17) is 10.5 Å². The summed E-state index contributed by atoms with van der Waals surface area (Å²) in [6.45, 7) is 0. The van der Waals surface area contributed by atoms with Gasteiger partial charge in [0.25, 0.3) is 0 Å². The molecule has 0 aliphatic heterocycles. The maximum Gasteiger partial charge on any atom is 0.119 e. The third-order valence-corrected chi connectivity index (χ3v) is 3.48. The highest BCUT2D eigenvalue weighted by Gasteiger charge is 2.30. The van der Waals surface area contributed by atoms with Crippen molar-refractivity contribution in [3.63, 3.8) is 0 Å². The summed E-state index contributed by atoms with van der Waals surface area (Å²) in [4.78, 5) is 0. The van der Waals surface area contributed by atoms with Gasteiger partial charge in [0.1, 0.15) is 5.75 Å². The smallest absolute Gasteiger partial charge is 0.119 e. The van der Waals surface area contributed by atoms with Gasteiger partial charge in [-0.1, -0.05) is 18.6 Å². The Morgan fingerprint density at radius 2 is 2.12 bits per heavy atom. The van der Waals surface area contributed by atoms with Crippen LogP contribution in [0, 0.1) is 5.92 Å². The molecular formula is C13H20ClNO2. The molecule has 96 valence electrons. The van der Waals surface area contributed by atoms with Crippen molar-refractivity contribution in [2.24, 2.45) is 11.7 Å². The van der Waals surface area contributed by atoms with E-state index < -0.39 is 6.10 Å². The molecule has 1 aliphatic carbocycles. The lowest BCUT2D eigenvalue weighted by atomic mass is 9.77. The van der Waals surface area contributed by atoms with Crippen LogP contribution >= 0.6 is 12.4 Å². The molecule has 2 rings (SSSR count). The molecule has 0 aromatic heterocycles. The van der Waals surface area contributed by atoms with Crippen molar-refractivity contribution in [1.29, 1.82) is 0 Å². The Bertz CT molecular complexity index is 355. The lowest BCUT2D eigenvalue weighted by molar-refractivity contribution is 0.0413. The lowest BCUT2D eigenvalue weighted by Gasteiger charge is -2.33. The van der Waals surface area contributed by atoms with Gasteiger partial charge in [-0.25, -0.2) is 0 Å². The summed E-state index contributed by atoms with van der Waals surface area (Å²) >= 11 is 0. The molecule has 1 saturated carbocycles. The van der Waals surface area contributed by atoms with E-state index in [0.717, 1.165) is 24.2 Å². The molecule has 0 bridgehead atoms. The number of hydrogen-bond acceptors (Lipinski definition) is 3. The first-order valence-corrected chi connectivity index (χ1v) is 5.80. The van der Waals surface area contributed by atoms with Crippen LogP contribution in [0.2, 0.25) is 0 Å². The van der Waals surface area contributed by atoms with Crippen LogP contribution in [0.4, 0.5) is 0 Å². The van der Waals surface area contributed by atoms with Crippen molar-refractivity contribution in [2.45, 2.75) is 31.4 Å². The molecule has 17 heavy (non-hydrogen) atoms. The molecule has 0 unspecified atom stereocenters. The van der Waals surface area contributed by atoms with Gasteiger partial charge in [-0.05, 0) is 36.5 Å². The van der Waals surface area contributed by atoms with E-state index in [1.54, 1.807) is 7.11 Å². The van der Waals surface area contributed by atoms with Crippen molar-refractivity contribution in [2.75, 3.05) is 7.11 Å². The predicted octanol–water partition coefficient (Wildman–Crippen LogP) is 2.28. The van der Waals surface area contributed by atoms with Crippen LogP contribution in [-0.2, 0) is 0 Å². The number of aliphatic hydroxyl groups excluding tert-OH is 1. The molecule has 1 aliphatic rings. The van der Waals surface area contributed by atoms with Crippen LogP contribution < -0.4 is 10.5 Å². The topological polar surface area (TPSA) is 55.5 Å². The number of rotatable bonds is 4. The number of methoxy groups -OCH3 is 1. The minimum absolute atomic E-state index is 0. The molecule has 3 nitrogen and oxygen atoms in total. The fourth-order valence-electron chi connectivity index (χ4n) is 2.12. The fraction of sp³-hybridized carbons (Fsp3) is 0.538. The lowest BCUT2D eigenvalue weighted by Crippen LogP contribution is -2.36. The monoisotopic (exact) mass is 257 g/mol. The van der Waals surface area contributed by atoms with Gasteiger partial charge in [0, 0.05) is 0 Å². The van der Waals surface area contributed by atoms with Crippen molar-refractivity contribution in [1.82, 2.24) is 0 Å². The number of nitrogens with two attached hydrogens (primary N) is 1. The molecule has 0 radical (unpaired) electrons. The summed E-state index contributed by atoms with van der Waals surface area (Å²) in [5, 5.41) is 10.1. The highest BCUT2D eigenvalue weighted by Crippen LogP contribution is 2.34. The van der Waals surface area contributed by atoms with Gasteiger partial charge in [-0.3, -0.25) is 0 Å². The third-order valence-electron chi connectivity index (χ3n) is 3.48. The molecule has 3 N–H and O–H groups in total. The summed E-state index contributed by atoms with van der Waals surface area (Å²) in [5.41, 5.74) is 7.01. The Morgan fingerprint density at radius 3 is 2.65 bits per heavy atom. The quantitative estimate of drug-likeness (QED) is 0.870. The number of hydrogen-bond donors (Lipinski definition) is 2. The van der Waals surface area contributed by atoms with Crippen molar-refractivity contribution in [3.8, 4) is 5.75 Å². The van der Waals surface area contributed by atoms with E-state index in [-0.39, 0.29) is 18.4 Å². The fourth-order valence-corrected chi connectivity index (χ4v) is 2.12. The highest BCUT2D eigenvalue weighted by atomic mass is 35.5. The Morgan fingerprint density at radius 1 is 1.41 bits per heavy atom. The van der Waals surface area contributed by atoms with E-state index in [1.165, 1.54) is 6.42 Å². The molecular weight excluding hydrogens is 238 g/mol. The summed E-state index contributed by atoms with van der Waals surface area (Å²) in [6, 6.07) is 7.31. The number of halogens is 1. The summed E-state index contributed by atoms with van der Waals surface area (Å²) in [7, 11) is 1.63. The number of aliphatic hydroxyl groups is 1. The highest BCUT2D eigenvalue weighted by molar-refractivity contribution is 5.85. The Labute approximate surface area is 108 Å². The zero-order valence-corrected chi connectivity index (χ0v) is 10.8. The summed E-state index contributed by atoms with van der Waals surface area (Å²) in [6.07, 6.45) is 2.98. The second-order valence-electron chi connectivity index (χ2n) is 4.48. The van der Waals surface area contributed by atoms with E-state index in [9.17, 15) is 5.11 Å². The van der Waals surface area contributed by atoms with Crippen molar-refractivity contribution >= 4 is 12.4 Å². The predicted molar refractivity (Wildman–Crippen MR) is 70.5 cm³/mol. The zero-order valence-electron chi connectivity index (χ0n) is 10.0. The standard InChI is InChI=1S/C13H19NO2.ClH/c1-16-11-7-3-6-10(8-11)12(14)13(15)9-4-2-5-9;/h3,6-9,12-13,15H,2,4-5,14H2,1H3;1H/t12-,13+;/m0./s1. The van der Waals surface area contributed by atoms with E-state index in [1.807, 2.05) is 24.3 Å². The van der Waals surface area contributed by atoms with E-state index >= 15 is 0 Å². The second-order valence-corrected chi connectivity index (χ2v) is 4.48. The van der Waals surface area contributed by atoms with Gasteiger partial charge in [-0.2, -0.15) is 0 Å². The van der Waals surface area contributed by atoms with Crippen LogP contribution in [0.25, 0.3) is 0 Å². The maximum atomic E-state index is 10.1.